The maximum Gasteiger partial charge on any atom is 0.223 e. The summed E-state index contributed by atoms with van der Waals surface area (Å²) in [6, 6.07) is 6.16. The molecule has 1 aliphatic heterocycles. The Morgan fingerprint density at radius 2 is 2.08 bits per heavy atom. The van der Waals surface area contributed by atoms with Crippen LogP contribution in [0.5, 0.6) is 0 Å². The Morgan fingerprint density at radius 1 is 1.31 bits per heavy atom. The maximum atomic E-state index is 12.5. The number of amides is 1. The first-order chi connectivity index (χ1) is 12.6. The number of unbranched alkanes of at least 4 members (excludes halogenated alkanes) is 1. The minimum absolute atomic E-state index is 0.124. The standard InChI is InChI=1S/C22H34N2O2/c1-3-4-5-16-6-8-17(9-7-16)22(26)23-15-21(25)19-10-11-20-18(14-19)12-13-24(20)2/h10-11,14,16-17,21,25H,3-9,12-13,15H2,1-2H3,(H,23,26). The summed E-state index contributed by atoms with van der Waals surface area (Å²) in [5.41, 5.74) is 3.45. The Kier molecular flexibility index (Phi) is 6.58. The van der Waals surface area contributed by atoms with Crippen molar-refractivity contribution in [3.8, 4) is 0 Å². The molecule has 1 aromatic rings. The summed E-state index contributed by atoms with van der Waals surface area (Å²) in [7, 11) is 2.10. The lowest BCUT2D eigenvalue weighted by Gasteiger charge is -2.28. The van der Waals surface area contributed by atoms with Gasteiger partial charge < -0.3 is 15.3 Å². The monoisotopic (exact) mass is 358 g/mol. The van der Waals surface area contributed by atoms with Gasteiger partial charge in [-0.3, -0.25) is 4.79 Å². The Labute approximate surface area is 158 Å². The van der Waals surface area contributed by atoms with Crippen molar-refractivity contribution in [2.75, 3.05) is 25.0 Å². The van der Waals surface area contributed by atoms with Gasteiger partial charge in [-0.05, 0) is 55.2 Å². The smallest absolute Gasteiger partial charge is 0.223 e. The summed E-state index contributed by atoms with van der Waals surface area (Å²) in [5, 5.41) is 13.5. The summed E-state index contributed by atoms with van der Waals surface area (Å²) in [4.78, 5) is 14.7. The van der Waals surface area contributed by atoms with Crippen LogP contribution in [0.1, 0.15) is 69.1 Å². The zero-order valence-electron chi connectivity index (χ0n) is 16.3. The Balaban J connectivity index is 1.45. The number of carbonyl (C=O) groups excluding carboxylic acids is 1. The molecule has 4 nitrogen and oxygen atoms in total. The van der Waals surface area contributed by atoms with E-state index >= 15 is 0 Å². The number of carbonyl (C=O) groups is 1. The topological polar surface area (TPSA) is 52.6 Å². The van der Waals surface area contributed by atoms with Gasteiger partial charge in [0.05, 0.1) is 6.10 Å². The molecule has 0 bridgehead atoms. The van der Waals surface area contributed by atoms with Gasteiger partial charge in [0.15, 0.2) is 0 Å². The molecular formula is C22H34N2O2. The highest BCUT2D eigenvalue weighted by Crippen LogP contribution is 2.32. The number of nitrogens with zero attached hydrogens (tertiary/aromatic N) is 1. The van der Waals surface area contributed by atoms with Gasteiger partial charge >= 0.3 is 0 Å². The van der Waals surface area contributed by atoms with Crippen molar-refractivity contribution >= 4 is 11.6 Å². The molecule has 4 heteroatoms. The number of nitrogens with one attached hydrogen (secondary N) is 1. The van der Waals surface area contributed by atoms with Gasteiger partial charge in [0.25, 0.3) is 0 Å². The molecule has 0 radical (unpaired) electrons. The first kappa shape index (κ1) is 19.2. The number of aliphatic hydroxyl groups is 1. The van der Waals surface area contributed by atoms with Gasteiger partial charge in [-0.2, -0.15) is 0 Å². The molecule has 1 fully saturated rings. The molecule has 3 rings (SSSR count). The van der Waals surface area contributed by atoms with E-state index in [9.17, 15) is 9.90 Å². The minimum atomic E-state index is -0.629. The zero-order valence-corrected chi connectivity index (χ0v) is 16.3. The molecule has 1 saturated carbocycles. The molecule has 1 aliphatic carbocycles. The molecule has 0 spiro atoms. The second-order valence-corrected chi connectivity index (χ2v) is 8.18. The van der Waals surface area contributed by atoms with E-state index in [0.717, 1.165) is 37.3 Å². The van der Waals surface area contributed by atoms with E-state index in [4.69, 9.17) is 0 Å². The first-order valence-corrected chi connectivity index (χ1v) is 10.4. The summed E-state index contributed by atoms with van der Waals surface area (Å²) >= 11 is 0. The second-order valence-electron chi connectivity index (χ2n) is 8.18. The number of hydrogen-bond acceptors (Lipinski definition) is 3. The number of rotatable bonds is 7. The SMILES string of the molecule is CCCCC1CCC(C(=O)NCC(O)c2ccc3c(c2)CCN3C)CC1. The lowest BCUT2D eigenvalue weighted by Crippen LogP contribution is -2.35. The van der Waals surface area contributed by atoms with Crippen molar-refractivity contribution in [2.24, 2.45) is 11.8 Å². The van der Waals surface area contributed by atoms with Crippen molar-refractivity contribution in [1.82, 2.24) is 5.32 Å². The van der Waals surface area contributed by atoms with Crippen molar-refractivity contribution in [3.05, 3.63) is 29.3 Å². The predicted molar refractivity (Wildman–Crippen MR) is 106 cm³/mol. The summed E-state index contributed by atoms with van der Waals surface area (Å²) in [6.07, 6.45) is 8.65. The highest BCUT2D eigenvalue weighted by atomic mass is 16.3. The number of fused-ring (bicyclic) bond motifs is 1. The van der Waals surface area contributed by atoms with Gasteiger partial charge in [-0.15, -0.1) is 0 Å². The molecule has 0 aromatic heterocycles. The van der Waals surface area contributed by atoms with Crippen molar-refractivity contribution in [1.29, 1.82) is 0 Å². The van der Waals surface area contributed by atoms with Crippen LogP contribution >= 0.6 is 0 Å². The van der Waals surface area contributed by atoms with Crippen LogP contribution in [0.15, 0.2) is 18.2 Å². The third-order valence-corrected chi connectivity index (χ3v) is 6.27. The first-order valence-electron chi connectivity index (χ1n) is 10.4. The fraction of sp³-hybridized carbons (Fsp3) is 0.682. The number of hydrogen-bond donors (Lipinski definition) is 2. The number of aliphatic hydroxyl groups excluding tert-OH is 1. The van der Waals surface area contributed by atoms with E-state index < -0.39 is 6.10 Å². The quantitative estimate of drug-likeness (QED) is 0.779. The highest BCUT2D eigenvalue weighted by molar-refractivity contribution is 5.78. The number of likely N-dealkylation sites (N-methyl/N-ethyl adjacent to an activating group) is 1. The third kappa shape index (κ3) is 4.59. The predicted octanol–water partition coefficient (Wildman–Crippen LogP) is 3.83. The molecule has 1 heterocycles. The summed E-state index contributed by atoms with van der Waals surface area (Å²) < 4.78 is 0. The van der Waals surface area contributed by atoms with Crippen LogP contribution in [0.2, 0.25) is 0 Å². The Bertz CT molecular complexity index is 608. The van der Waals surface area contributed by atoms with E-state index in [-0.39, 0.29) is 11.8 Å². The summed E-state index contributed by atoms with van der Waals surface area (Å²) in [5.74, 6) is 1.07. The van der Waals surface area contributed by atoms with Crippen LogP contribution in [-0.2, 0) is 11.2 Å². The molecule has 0 saturated heterocycles. The molecule has 26 heavy (non-hydrogen) atoms. The maximum absolute atomic E-state index is 12.5. The van der Waals surface area contributed by atoms with Gasteiger partial charge in [-0.1, -0.05) is 38.3 Å². The van der Waals surface area contributed by atoms with E-state index in [0.29, 0.717) is 6.54 Å². The van der Waals surface area contributed by atoms with Crippen LogP contribution < -0.4 is 10.2 Å². The molecule has 1 unspecified atom stereocenters. The molecule has 1 amide bonds. The molecule has 144 valence electrons. The summed E-state index contributed by atoms with van der Waals surface area (Å²) in [6.45, 7) is 3.58. The van der Waals surface area contributed by atoms with Crippen LogP contribution in [0, 0.1) is 11.8 Å². The van der Waals surface area contributed by atoms with Crippen molar-refractivity contribution in [3.63, 3.8) is 0 Å². The van der Waals surface area contributed by atoms with Gasteiger partial charge in [0.1, 0.15) is 0 Å². The van der Waals surface area contributed by atoms with E-state index in [1.165, 1.54) is 43.4 Å². The third-order valence-electron chi connectivity index (χ3n) is 6.27. The van der Waals surface area contributed by atoms with Crippen molar-refractivity contribution in [2.45, 2.75) is 64.4 Å². The number of anilines is 1. The second kappa shape index (κ2) is 8.90. The molecule has 2 aliphatic rings. The van der Waals surface area contributed by atoms with Crippen LogP contribution in [-0.4, -0.2) is 31.2 Å². The largest absolute Gasteiger partial charge is 0.387 e. The van der Waals surface area contributed by atoms with Crippen molar-refractivity contribution < 1.29 is 9.90 Å². The van der Waals surface area contributed by atoms with Gasteiger partial charge in [0.2, 0.25) is 5.91 Å². The van der Waals surface area contributed by atoms with Crippen LogP contribution in [0.4, 0.5) is 5.69 Å². The highest BCUT2D eigenvalue weighted by Gasteiger charge is 2.26. The average molecular weight is 359 g/mol. The fourth-order valence-electron chi connectivity index (χ4n) is 4.46. The van der Waals surface area contributed by atoms with E-state index in [2.05, 4.69) is 36.3 Å². The molecule has 1 atom stereocenters. The van der Waals surface area contributed by atoms with Crippen LogP contribution in [0.25, 0.3) is 0 Å². The van der Waals surface area contributed by atoms with Gasteiger partial charge in [0, 0.05) is 31.7 Å². The molecule has 1 aromatic carbocycles. The normalized spacial score (nSPS) is 23.6. The Morgan fingerprint density at radius 3 is 2.81 bits per heavy atom. The minimum Gasteiger partial charge on any atom is -0.387 e. The number of benzene rings is 1. The van der Waals surface area contributed by atoms with E-state index in [1.54, 1.807) is 0 Å². The van der Waals surface area contributed by atoms with Gasteiger partial charge in [-0.25, -0.2) is 0 Å². The van der Waals surface area contributed by atoms with E-state index in [1.807, 2.05) is 6.07 Å². The Hall–Kier alpha value is -1.55. The average Bonchev–Trinajstić information content (AvgIpc) is 3.05. The molecule has 2 N–H and O–H groups in total. The molecular weight excluding hydrogens is 324 g/mol. The lowest BCUT2D eigenvalue weighted by molar-refractivity contribution is -0.126. The van der Waals surface area contributed by atoms with Crippen LogP contribution in [0.3, 0.4) is 0 Å². The zero-order chi connectivity index (χ0) is 18.5. The fourth-order valence-corrected chi connectivity index (χ4v) is 4.46. The lowest BCUT2D eigenvalue weighted by atomic mass is 9.79.